The second-order valence-corrected chi connectivity index (χ2v) is 5.77. The van der Waals surface area contributed by atoms with Gasteiger partial charge in [-0.15, -0.1) is 0 Å². The first-order valence-corrected chi connectivity index (χ1v) is 7.53. The number of piperidine rings is 1. The summed E-state index contributed by atoms with van der Waals surface area (Å²) in [6.45, 7) is 2.07. The fourth-order valence-corrected chi connectivity index (χ4v) is 3.15. The second kappa shape index (κ2) is 6.03. The van der Waals surface area contributed by atoms with E-state index in [1.165, 1.54) is 20.0 Å². The molecule has 0 aliphatic carbocycles. The summed E-state index contributed by atoms with van der Waals surface area (Å²) in [5.41, 5.74) is 0.923. The molecule has 1 N–H and O–H groups in total. The maximum Gasteiger partial charge on any atom is 0.358 e. The molecule has 5 nitrogen and oxygen atoms in total. The number of imidazole rings is 1. The number of hydrogen-bond donors (Lipinski definition) is 1. The van der Waals surface area contributed by atoms with Crippen LogP contribution in [0.3, 0.4) is 0 Å². The van der Waals surface area contributed by atoms with E-state index >= 15 is 0 Å². The Morgan fingerprint density at radius 3 is 3.19 bits per heavy atom. The number of methoxy groups -OCH3 is 1. The zero-order chi connectivity index (χ0) is 14.8. The van der Waals surface area contributed by atoms with Gasteiger partial charge in [-0.25, -0.2) is 9.78 Å². The van der Waals surface area contributed by atoms with Crippen LogP contribution in [-0.4, -0.2) is 35.6 Å². The number of nitrogens with zero attached hydrogens (tertiary/aromatic N) is 2. The lowest BCUT2D eigenvalue weighted by molar-refractivity contribution is 0.0596. The van der Waals surface area contributed by atoms with Gasteiger partial charge in [0.15, 0.2) is 5.69 Å². The maximum absolute atomic E-state index is 11.9. The lowest BCUT2D eigenvalue weighted by Gasteiger charge is -2.22. The predicted molar refractivity (Wildman–Crippen MR) is 80.8 cm³/mol. The van der Waals surface area contributed by atoms with Crippen molar-refractivity contribution in [2.24, 2.45) is 5.92 Å². The number of hydrogen-bond acceptors (Lipinski definition) is 4. The Kier molecular flexibility index (Phi) is 4.12. The molecule has 1 aliphatic rings. The Bertz CT molecular complexity index is 662. The summed E-state index contributed by atoms with van der Waals surface area (Å²) < 4.78 is 6.72. The topological polar surface area (TPSA) is 55.6 Å². The lowest BCUT2D eigenvalue weighted by atomic mass is 9.96. The molecule has 2 aromatic rings. The van der Waals surface area contributed by atoms with Crippen molar-refractivity contribution in [3.8, 4) is 0 Å². The van der Waals surface area contributed by atoms with Gasteiger partial charge >= 0.3 is 5.97 Å². The molecule has 0 saturated carbocycles. The number of nitrogens with one attached hydrogen (secondary N) is 1. The number of carbonyl (C=O) groups excluding carboxylic acids is 1. The molecule has 1 unspecified atom stereocenters. The van der Waals surface area contributed by atoms with Crippen molar-refractivity contribution in [1.29, 1.82) is 0 Å². The van der Waals surface area contributed by atoms with Crippen LogP contribution in [0.25, 0.3) is 5.52 Å². The molecule has 1 atom stereocenters. The molecule has 0 radical (unpaired) electrons. The predicted octanol–water partition coefficient (Wildman–Crippen LogP) is 2.32. The van der Waals surface area contributed by atoms with Gasteiger partial charge in [0, 0.05) is 12.6 Å². The zero-order valence-corrected chi connectivity index (χ0v) is 12.7. The highest BCUT2D eigenvalue weighted by molar-refractivity contribution is 6.34. The molecule has 21 heavy (non-hydrogen) atoms. The number of halogens is 1. The van der Waals surface area contributed by atoms with E-state index in [0.717, 1.165) is 25.3 Å². The highest BCUT2D eigenvalue weighted by Crippen LogP contribution is 2.25. The fraction of sp³-hybridized carbons (Fsp3) is 0.467. The van der Waals surface area contributed by atoms with Crippen LogP contribution in [-0.2, 0) is 11.2 Å². The number of rotatable bonds is 3. The first-order chi connectivity index (χ1) is 10.2. The van der Waals surface area contributed by atoms with Crippen LogP contribution >= 0.6 is 11.6 Å². The summed E-state index contributed by atoms with van der Waals surface area (Å²) in [5, 5.41) is 3.91. The number of fused-ring (bicyclic) bond motifs is 1. The summed E-state index contributed by atoms with van der Waals surface area (Å²) in [6.07, 6.45) is 5.08. The molecule has 1 aliphatic heterocycles. The summed E-state index contributed by atoms with van der Waals surface area (Å²) in [5.74, 6) is 0.948. The Morgan fingerprint density at radius 1 is 1.62 bits per heavy atom. The van der Waals surface area contributed by atoms with Crippen LogP contribution in [0.15, 0.2) is 18.3 Å². The summed E-state index contributed by atoms with van der Waals surface area (Å²) in [6, 6.07) is 3.62. The average Bonchev–Trinajstić information content (AvgIpc) is 2.88. The van der Waals surface area contributed by atoms with Gasteiger partial charge in [0.05, 0.1) is 17.6 Å². The molecular formula is C15H18ClN3O2. The Morgan fingerprint density at radius 2 is 2.48 bits per heavy atom. The summed E-state index contributed by atoms with van der Waals surface area (Å²) in [7, 11) is 1.36. The third-order valence-electron chi connectivity index (χ3n) is 3.94. The van der Waals surface area contributed by atoms with Crippen molar-refractivity contribution in [1.82, 2.24) is 14.7 Å². The standard InChI is InChI=1S/C15H18ClN3O2/c1-21-15(20)13-14-11(16)5-3-7-19(14)12(18-13)8-10-4-2-6-17-9-10/h3,5,7,10,17H,2,4,6,8-9H2,1H3. The molecule has 112 valence electrons. The largest absolute Gasteiger partial charge is 0.464 e. The van der Waals surface area contributed by atoms with Crippen LogP contribution in [0.1, 0.15) is 29.2 Å². The molecule has 1 fully saturated rings. The van der Waals surface area contributed by atoms with Crippen LogP contribution in [0.4, 0.5) is 0 Å². The van der Waals surface area contributed by atoms with Gasteiger partial charge in [0.2, 0.25) is 0 Å². The van der Waals surface area contributed by atoms with Crippen LogP contribution in [0.5, 0.6) is 0 Å². The third-order valence-corrected chi connectivity index (χ3v) is 4.24. The molecule has 0 aromatic carbocycles. The minimum absolute atomic E-state index is 0.293. The molecule has 3 heterocycles. The normalized spacial score (nSPS) is 18.9. The van der Waals surface area contributed by atoms with E-state index in [2.05, 4.69) is 10.3 Å². The maximum atomic E-state index is 11.9. The Labute approximate surface area is 128 Å². The van der Waals surface area contributed by atoms with Gasteiger partial charge in [0.1, 0.15) is 5.82 Å². The van der Waals surface area contributed by atoms with Crippen LogP contribution < -0.4 is 5.32 Å². The lowest BCUT2D eigenvalue weighted by Crippen LogP contribution is -2.31. The van der Waals surface area contributed by atoms with E-state index in [1.54, 1.807) is 6.07 Å². The minimum Gasteiger partial charge on any atom is -0.464 e. The van der Waals surface area contributed by atoms with E-state index < -0.39 is 5.97 Å². The molecule has 1 saturated heterocycles. The van der Waals surface area contributed by atoms with Crippen molar-refractivity contribution in [2.75, 3.05) is 20.2 Å². The highest BCUT2D eigenvalue weighted by Gasteiger charge is 2.22. The van der Waals surface area contributed by atoms with Gasteiger partial charge in [-0.3, -0.25) is 0 Å². The monoisotopic (exact) mass is 307 g/mol. The summed E-state index contributed by atoms with van der Waals surface area (Å²) in [4.78, 5) is 16.4. The smallest absolute Gasteiger partial charge is 0.358 e. The third kappa shape index (κ3) is 2.76. The van der Waals surface area contributed by atoms with E-state index in [9.17, 15) is 4.79 Å². The molecule has 6 heteroatoms. The Hall–Kier alpha value is -1.59. The van der Waals surface area contributed by atoms with Crippen LogP contribution in [0.2, 0.25) is 5.02 Å². The van der Waals surface area contributed by atoms with Gasteiger partial charge in [-0.1, -0.05) is 11.6 Å². The number of ether oxygens (including phenoxy) is 1. The van der Waals surface area contributed by atoms with Crippen molar-refractivity contribution in [3.05, 3.63) is 34.9 Å². The van der Waals surface area contributed by atoms with Gasteiger partial charge in [-0.05, 0) is 44.0 Å². The second-order valence-electron chi connectivity index (χ2n) is 5.36. The van der Waals surface area contributed by atoms with Gasteiger partial charge < -0.3 is 14.5 Å². The number of carbonyl (C=O) groups is 1. The quantitative estimate of drug-likeness (QED) is 0.884. The molecular weight excluding hydrogens is 290 g/mol. The SMILES string of the molecule is COC(=O)c1nc(CC2CCCNC2)n2cccc(Cl)c12. The molecule has 0 bridgehead atoms. The molecule has 0 amide bonds. The van der Waals surface area contributed by atoms with E-state index in [-0.39, 0.29) is 0 Å². The minimum atomic E-state index is -0.450. The van der Waals surface area contributed by atoms with Crippen molar-refractivity contribution < 1.29 is 9.53 Å². The highest BCUT2D eigenvalue weighted by atomic mass is 35.5. The van der Waals surface area contributed by atoms with E-state index in [4.69, 9.17) is 16.3 Å². The first-order valence-electron chi connectivity index (χ1n) is 7.15. The van der Waals surface area contributed by atoms with Crippen molar-refractivity contribution in [2.45, 2.75) is 19.3 Å². The van der Waals surface area contributed by atoms with Gasteiger partial charge in [-0.2, -0.15) is 0 Å². The number of esters is 1. The molecule has 3 rings (SSSR count). The van der Waals surface area contributed by atoms with Gasteiger partial charge in [0.25, 0.3) is 0 Å². The fourth-order valence-electron chi connectivity index (χ4n) is 2.90. The average molecular weight is 308 g/mol. The van der Waals surface area contributed by atoms with E-state index in [1.807, 2.05) is 16.7 Å². The van der Waals surface area contributed by atoms with Crippen molar-refractivity contribution in [3.63, 3.8) is 0 Å². The first kappa shape index (κ1) is 14.4. The Balaban J connectivity index is 2.02. The molecule has 0 spiro atoms. The number of pyridine rings is 1. The van der Waals surface area contributed by atoms with Crippen LogP contribution in [0, 0.1) is 5.92 Å². The zero-order valence-electron chi connectivity index (χ0n) is 11.9. The van der Waals surface area contributed by atoms with Crippen molar-refractivity contribution >= 4 is 23.1 Å². The van der Waals surface area contributed by atoms with E-state index in [0.29, 0.717) is 22.2 Å². The summed E-state index contributed by atoms with van der Waals surface area (Å²) >= 11 is 6.24. The number of aromatic nitrogens is 2. The molecule has 2 aromatic heterocycles.